The topological polar surface area (TPSA) is 103 Å². The molecule has 8 heteroatoms. The van der Waals surface area contributed by atoms with E-state index in [4.69, 9.17) is 14.2 Å². The Balaban J connectivity index is 1.79. The zero-order valence-electron chi connectivity index (χ0n) is 21.2. The second-order valence-electron chi connectivity index (χ2n) is 9.34. The number of hydrogen-bond donors (Lipinski definition) is 2. The van der Waals surface area contributed by atoms with Crippen LogP contribution < -0.4 is 15.4 Å². The Labute approximate surface area is 210 Å². The van der Waals surface area contributed by atoms with E-state index in [9.17, 15) is 14.4 Å². The van der Waals surface area contributed by atoms with E-state index in [2.05, 4.69) is 10.6 Å². The smallest absolute Gasteiger partial charge is 0.407 e. The third-order valence-electron chi connectivity index (χ3n) is 5.34. The van der Waals surface area contributed by atoms with Gasteiger partial charge in [0.05, 0.1) is 13.0 Å². The minimum absolute atomic E-state index is 0.0296. The Bertz CT molecular complexity index is 1210. The lowest BCUT2D eigenvalue weighted by atomic mass is 9.97. The van der Waals surface area contributed by atoms with Gasteiger partial charge in [-0.25, -0.2) is 9.59 Å². The number of carbonyl (C=O) groups is 3. The van der Waals surface area contributed by atoms with Crippen molar-refractivity contribution in [3.63, 3.8) is 0 Å². The molecule has 2 N–H and O–H groups in total. The van der Waals surface area contributed by atoms with Gasteiger partial charge in [0.1, 0.15) is 23.1 Å². The van der Waals surface area contributed by atoms with Crippen molar-refractivity contribution in [1.82, 2.24) is 10.6 Å². The van der Waals surface area contributed by atoms with Crippen LogP contribution in [-0.4, -0.2) is 43.3 Å². The van der Waals surface area contributed by atoms with Crippen molar-refractivity contribution in [3.8, 4) is 11.5 Å². The van der Waals surface area contributed by atoms with E-state index >= 15 is 0 Å². The zero-order chi connectivity index (χ0) is 26.3. The molecular weight excluding hydrogens is 460 g/mol. The summed E-state index contributed by atoms with van der Waals surface area (Å²) < 4.78 is 16.1. The van der Waals surface area contributed by atoms with Crippen molar-refractivity contribution in [2.24, 2.45) is 0 Å². The number of carbonyl (C=O) groups excluding carboxylic acids is 3. The fourth-order valence-electron chi connectivity index (χ4n) is 3.59. The summed E-state index contributed by atoms with van der Waals surface area (Å²) in [5, 5.41) is 7.33. The third kappa shape index (κ3) is 7.21. The average Bonchev–Trinajstić information content (AvgIpc) is 2.83. The summed E-state index contributed by atoms with van der Waals surface area (Å²) in [6.45, 7) is 6.76. The van der Waals surface area contributed by atoms with Crippen molar-refractivity contribution in [2.75, 3.05) is 13.7 Å². The van der Waals surface area contributed by atoms with Crippen LogP contribution in [-0.2, 0) is 19.1 Å². The van der Waals surface area contributed by atoms with Gasteiger partial charge < -0.3 is 24.8 Å². The van der Waals surface area contributed by atoms with Gasteiger partial charge in [0.2, 0.25) is 5.91 Å². The van der Waals surface area contributed by atoms with Crippen LogP contribution in [0.2, 0.25) is 0 Å². The first-order valence-corrected chi connectivity index (χ1v) is 11.7. The van der Waals surface area contributed by atoms with Crippen molar-refractivity contribution >= 4 is 28.7 Å². The molecular formula is C28H32N2O6. The number of fused-ring (bicyclic) bond motifs is 1. The quantitative estimate of drug-likeness (QED) is 0.433. The third-order valence-corrected chi connectivity index (χ3v) is 5.34. The van der Waals surface area contributed by atoms with Crippen LogP contribution in [0.4, 0.5) is 4.79 Å². The molecule has 0 bridgehead atoms. The van der Waals surface area contributed by atoms with Gasteiger partial charge in [-0.15, -0.1) is 0 Å². The maximum Gasteiger partial charge on any atom is 0.407 e. The van der Waals surface area contributed by atoms with Crippen molar-refractivity contribution in [1.29, 1.82) is 0 Å². The maximum absolute atomic E-state index is 13.1. The molecule has 0 aliphatic carbocycles. The Kier molecular flexibility index (Phi) is 8.53. The summed E-state index contributed by atoms with van der Waals surface area (Å²) in [7, 11) is 1.25. The maximum atomic E-state index is 13.1. The molecule has 36 heavy (non-hydrogen) atoms. The summed E-state index contributed by atoms with van der Waals surface area (Å²) in [5.41, 5.74) is -0.0483. The molecule has 190 valence electrons. The first-order chi connectivity index (χ1) is 17.1. The number of alkyl carbamates (subject to hydrolysis) is 1. The number of hydrogen-bond acceptors (Lipinski definition) is 6. The molecule has 0 saturated heterocycles. The van der Waals surface area contributed by atoms with Gasteiger partial charge in [-0.05, 0) is 56.8 Å². The van der Waals surface area contributed by atoms with Crippen molar-refractivity contribution in [2.45, 2.75) is 45.3 Å². The molecule has 0 aliphatic heterocycles. The standard InChI is InChI=1S/C28H32N2O6/c1-18(26(32)34-5)30-25(31)23(17-29-27(33)36-28(2,3)4)20-13-15-21(16-14-20)35-24-12-8-10-19-9-6-7-11-22(19)24/h6-16,18,23H,17H2,1-5H3,(H,29,33)(H,30,31). The minimum atomic E-state index is -0.847. The summed E-state index contributed by atoms with van der Waals surface area (Å²) in [6.07, 6.45) is -0.641. The highest BCUT2D eigenvalue weighted by atomic mass is 16.6. The molecule has 2 atom stereocenters. The first-order valence-electron chi connectivity index (χ1n) is 11.7. The molecule has 2 unspecified atom stereocenters. The van der Waals surface area contributed by atoms with Gasteiger partial charge in [-0.3, -0.25) is 4.79 Å². The second kappa shape index (κ2) is 11.6. The van der Waals surface area contributed by atoms with E-state index in [0.29, 0.717) is 17.1 Å². The van der Waals surface area contributed by atoms with E-state index in [0.717, 1.165) is 10.8 Å². The highest BCUT2D eigenvalue weighted by Gasteiger charge is 2.26. The monoisotopic (exact) mass is 492 g/mol. The molecule has 3 rings (SSSR count). The van der Waals surface area contributed by atoms with Crippen molar-refractivity contribution in [3.05, 3.63) is 72.3 Å². The number of amides is 2. The molecule has 0 aromatic heterocycles. The number of benzene rings is 3. The predicted octanol–water partition coefficient (Wildman–Crippen LogP) is 4.92. The van der Waals surface area contributed by atoms with Crippen LogP contribution in [0.3, 0.4) is 0 Å². The van der Waals surface area contributed by atoms with Gasteiger partial charge in [0.15, 0.2) is 0 Å². The van der Waals surface area contributed by atoms with Crippen LogP contribution >= 0.6 is 0 Å². The molecule has 0 spiro atoms. The Morgan fingerprint density at radius 3 is 2.25 bits per heavy atom. The SMILES string of the molecule is COC(=O)C(C)NC(=O)C(CNC(=O)OC(C)(C)C)c1ccc(Oc2cccc3ccccc23)cc1. The van der Waals surface area contributed by atoms with Crippen molar-refractivity contribution < 1.29 is 28.6 Å². The summed E-state index contributed by atoms with van der Waals surface area (Å²) in [4.78, 5) is 37.0. The number of ether oxygens (including phenoxy) is 3. The highest BCUT2D eigenvalue weighted by Crippen LogP contribution is 2.30. The van der Waals surface area contributed by atoms with Gasteiger partial charge in [0, 0.05) is 11.9 Å². The van der Waals surface area contributed by atoms with E-state index in [-0.39, 0.29) is 6.54 Å². The zero-order valence-corrected chi connectivity index (χ0v) is 21.2. The predicted molar refractivity (Wildman–Crippen MR) is 137 cm³/mol. The molecule has 0 radical (unpaired) electrons. The molecule has 0 heterocycles. The van der Waals surface area contributed by atoms with E-state index in [1.807, 2.05) is 42.5 Å². The lowest BCUT2D eigenvalue weighted by Gasteiger charge is -2.23. The summed E-state index contributed by atoms with van der Waals surface area (Å²) in [5.74, 6) is -0.477. The Morgan fingerprint density at radius 2 is 1.58 bits per heavy atom. The van der Waals surface area contributed by atoms with Gasteiger partial charge in [0.25, 0.3) is 0 Å². The van der Waals surface area contributed by atoms with Gasteiger partial charge >= 0.3 is 12.1 Å². The summed E-state index contributed by atoms with van der Waals surface area (Å²) in [6, 6.07) is 19.9. The van der Waals surface area contributed by atoms with E-state index < -0.39 is 35.5 Å². The fraction of sp³-hybridized carbons (Fsp3) is 0.321. The minimum Gasteiger partial charge on any atom is -0.467 e. The fourth-order valence-corrected chi connectivity index (χ4v) is 3.59. The lowest BCUT2D eigenvalue weighted by Crippen LogP contribution is -2.45. The molecule has 3 aromatic carbocycles. The number of esters is 1. The normalized spacial score (nSPS) is 12.8. The highest BCUT2D eigenvalue weighted by molar-refractivity contribution is 5.89. The van der Waals surface area contributed by atoms with Crippen LogP contribution in [0, 0.1) is 0 Å². The summed E-state index contributed by atoms with van der Waals surface area (Å²) >= 11 is 0. The molecule has 3 aromatic rings. The van der Waals surface area contributed by atoms with Gasteiger partial charge in [-0.2, -0.15) is 0 Å². The molecule has 0 fully saturated rings. The number of nitrogens with one attached hydrogen (secondary N) is 2. The largest absolute Gasteiger partial charge is 0.467 e. The lowest BCUT2D eigenvalue weighted by molar-refractivity contribution is -0.144. The number of rotatable bonds is 8. The average molecular weight is 493 g/mol. The van der Waals surface area contributed by atoms with Crippen LogP contribution in [0.1, 0.15) is 39.2 Å². The number of methoxy groups -OCH3 is 1. The van der Waals surface area contributed by atoms with E-state index in [1.165, 1.54) is 14.0 Å². The van der Waals surface area contributed by atoms with E-state index in [1.54, 1.807) is 45.0 Å². The van der Waals surface area contributed by atoms with Crippen LogP contribution in [0.5, 0.6) is 11.5 Å². The van der Waals surface area contributed by atoms with Crippen LogP contribution in [0.25, 0.3) is 10.8 Å². The van der Waals surface area contributed by atoms with Crippen LogP contribution in [0.15, 0.2) is 66.7 Å². The van der Waals surface area contributed by atoms with Gasteiger partial charge in [-0.1, -0.05) is 48.5 Å². The first kappa shape index (κ1) is 26.5. The molecule has 2 amide bonds. The molecule has 0 aliphatic rings. The Morgan fingerprint density at radius 1 is 0.917 bits per heavy atom. The molecule has 0 saturated carbocycles. The Hall–Kier alpha value is -4.07. The second-order valence-corrected chi connectivity index (χ2v) is 9.34. The molecule has 8 nitrogen and oxygen atoms in total.